The molecule has 0 saturated heterocycles. The zero-order chi connectivity index (χ0) is 14.9. The molecule has 1 aromatic carbocycles. The van der Waals surface area contributed by atoms with Gasteiger partial charge < -0.3 is 5.32 Å². The summed E-state index contributed by atoms with van der Waals surface area (Å²) in [6.45, 7) is 5.35. The maximum Gasteiger partial charge on any atom is 0.0815 e. The normalized spacial score (nSPS) is 12.5. The molecule has 0 aliphatic rings. The first-order valence-corrected chi connectivity index (χ1v) is 8.06. The van der Waals surface area contributed by atoms with Crippen molar-refractivity contribution < 1.29 is 0 Å². The zero-order valence-corrected chi connectivity index (χ0v) is 13.1. The highest BCUT2D eigenvalue weighted by molar-refractivity contribution is 5.32. The van der Waals surface area contributed by atoms with E-state index >= 15 is 0 Å². The number of nitrogens with one attached hydrogen (secondary N) is 1. The number of nitrogens with zero attached hydrogens (tertiary/aromatic N) is 3. The summed E-state index contributed by atoms with van der Waals surface area (Å²) in [5, 5.41) is 12.0. The first-order valence-electron chi connectivity index (χ1n) is 8.06. The molecule has 114 valence electrons. The molecule has 1 unspecified atom stereocenters. The lowest BCUT2D eigenvalue weighted by atomic mass is 10.0. The van der Waals surface area contributed by atoms with Gasteiger partial charge in [0.1, 0.15) is 0 Å². The first kappa shape index (κ1) is 15.7. The molecule has 0 amide bonds. The fourth-order valence-corrected chi connectivity index (χ4v) is 2.63. The van der Waals surface area contributed by atoms with Crippen LogP contribution in [-0.2, 0) is 0 Å². The molecule has 1 N–H and O–H groups in total. The molecule has 2 aromatic rings. The lowest BCUT2D eigenvalue weighted by Gasteiger charge is -2.18. The van der Waals surface area contributed by atoms with Crippen LogP contribution in [0.5, 0.6) is 0 Å². The molecular weight excluding hydrogens is 260 g/mol. The molecule has 0 aliphatic heterocycles. The van der Waals surface area contributed by atoms with Crippen molar-refractivity contribution in [1.29, 1.82) is 0 Å². The van der Waals surface area contributed by atoms with E-state index in [2.05, 4.69) is 41.6 Å². The second-order valence-corrected chi connectivity index (χ2v) is 5.37. The Hall–Kier alpha value is -1.68. The summed E-state index contributed by atoms with van der Waals surface area (Å²) in [5.74, 6) is 0. The van der Waals surface area contributed by atoms with Gasteiger partial charge in [-0.25, -0.2) is 4.68 Å². The highest BCUT2D eigenvalue weighted by Crippen LogP contribution is 2.21. The minimum Gasteiger partial charge on any atom is -0.309 e. The minimum absolute atomic E-state index is 0.321. The van der Waals surface area contributed by atoms with E-state index in [0.717, 1.165) is 24.3 Å². The molecule has 0 radical (unpaired) electrons. The van der Waals surface area contributed by atoms with Gasteiger partial charge in [-0.1, -0.05) is 62.9 Å². The zero-order valence-electron chi connectivity index (χ0n) is 13.1. The van der Waals surface area contributed by atoms with Crippen LogP contribution in [0.15, 0.2) is 36.5 Å². The predicted molar refractivity (Wildman–Crippen MR) is 86.5 cm³/mol. The number of para-hydroxylation sites is 1. The molecule has 0 spiro atoms. The third kappa shape index (κ3) is 4.39. The fraction of sp³-hybridized carbons (Fsp3) is 0.529. The van der Waals surface area contributed by atoms with Crippen molar-refractivity contribution in [3.63, 3.8) is 0 Å². The summed E-state index contributed by atoms with van der Waals surface area (Å²) in [6, 6.07) is 10.5. The Morgan fingerprint density at radius 3 is 2.62 bits per heavy atom. The number of rotatable bonds is 9. The van der Waals surface area contributed by atoms with E-state index in [1.165, 1.54) is 25.7 Å². The van der Waals surface area contributed by atoms with Gasteiger partial charge in [0.05, 0.1) is 23.6 Å². The van der Waals surface area contributed by atoms with Crippen LogP contribution < -0.4 is 5.32 Å². The largest absolute Gasteiger partial charge is 0.309 e. The summed E-state index contributed by atoms with van der Waals surface area (Å²) < 4.78 is 1.95. The molecule has 1 aromatic heterocycles. The highest BCUT2D eigenvalue weighted by Gasteiger charge is 2.16. The Labute approximate surface area is 127 Å². The van der Waals surface area contributed by atoms with Crippen molar-refractivity contribution in [2.45, 2.75) is 52.0 Å². The highest BCUT2D eigenvalue weighted by atomic mass is 15.4. The minimum atomic E-state index is 0.321. The van der Waals surface area contributed by atoms with E-state index < -0.39 is 0 Å². The molecule has 4 heteroatoms. The van der Waals surface area contributed by atoms with Crippen molar-refractivity contribution in [2.75, 3.05) is 6.54 Å². The molecule has 0 bridgehead atoms. The molecule has 0 aliphatic carbocycles. The Balaban J connectivity index is 2.11. The molecular formula is C17H26N4. The predicted octanol–water partition coefficient (Wildman–Crippen LogP) is 3.89. The van der Waals surface area contributed by atoms with Crippen LogP contribution >= 0.6 is 0 Å². The van der Waals surface area contributed by atoms with Gasteiger partial charge in [0.2, 0.25) is 0 Å². The average Bonchev–Trinajstić information content (AvgIpc) is 3.01. The van der Waals surface area contributed by atoms with E-state index in [1.54, 1.807) is 0 Å². The van der Waals surface area contributed by atoms with Gasteiger partial charge in [-0.3, -0.25) is 0 Å². The summed E-state index contributed by atoms with van der Waals surface area (Å²) in [7, 11) is 0. The van der Waals surface area contributed by atoms with Crippen molar-refractivity contribution >= 4 is 0 Å². The lowest BCUT2D eigenvalue weighted by Crippen LogP contribution is -2.23. The second-order valence-electron chi connectivity index (χ2n) is 5.37. The molecule has 2 rings (SSSR count). The molecule has 1 atom stereocenters. The Bertz CT molecular complexity index is 507. The smallest absolute Gasteiger partial charge is 0.0815 e. The first-order chi connectivity index (χ1) is 10.4. The summed E-state index contributed by atoms with van der Waals surface area (Å²) in [6.07, 6.45) is 8.15. The van der Waals surface area contributed by atoms with Crippen LogP contribution in [0.3, 0.4) is 0 Å². The van der Waals surface area contributed by atoms with Crippen LogP contribution in [0.2, 0.25) is 0 Å². The topological polar surface area (TPSA) is 42.7 Å². The van der Waals surface area contributed by atoms with E-state index in [9.17, 15) is 0 Å². The SMILES string of the molecule is CCCCCCC(NCC)c1cnnn1-c1ccccc1. The maximum absolute atomic E-state index is 4.26. The van der Waals surface area contributed by atoms with Crippen molar-refractivity contribution in [3.8, 4) is 5.69 Å². The monoisotopic (exact) mass is 286 g/mol. The maximum atomic E-state index is 4.26. The number of unbranched alkanes of at least 4 members (excludes halogenated alkanes) is 3. The van der Waals surface area contributed by atoms with Crippen LogP contribution in [-0.4, -0.2) is 21.5 Å². The van der Waals surface area contributed by atoms with Crippen LogP contribution in [0.25, 0.3) is 5.69 Å². The summed E-state index contributed by atoms with van der Waals surface area (Å²) in [4.78, 5) is 0. The Morgan fingerprint density at radius 1 is 1.10 bits per heavy atom. The summed E-state index contributed by atoms with van der Waals surface area (Å²) >= 11 is 0. The van der Waals surface area contributed by atoms with E-state index in [4.69, 9.17) is 0 Å². The number of hydrogen-bond donors (Lipinski definition) is 1. The van der Waals surface area contributed by atoms with Crippen molar-refractivity contribution in [3.05, 3.63) is 42.2 Å². The standard InChI is InChI=1S/C17H26N4/c1-3-5-6-10-13-16(18-4-2)17-14-19-20-21(17)15-11-8-7-9-12-15/h7-9,11-12,14,16,18H,3-6,10,13H2,1-2H3. The third-order valence-corrected chi connectivity index (χ3v) is 3.73. The van der Waals surface area contributed by atoms with Crippen LogP contribution in [0.1, 0.15) is 57.7 Å². The quantitative estimate of drug-likeness (QED) is 0.711. The fourth-order valence-electron chi connectivity index (χ4n) is 2.63. The van der Waals surface area contributed by atoms with E-state index in [-0.39, 0.29) is 0 Å². The van der Waals surface area contributed by atoms with Crippen molar-refractivity contribution in [1.82, 2.24) is 20.3 Å². The average molecular weight is 286 g/mol. The third-order valence-electron chi connectivity index (χ3n) is 3.73. The molecule has 4 nitrogen and oxygen atoms in total. The lowest BCUT2D eigenvalue weighted by molar-refractivity contribution is 0.463. The van der Waals surface area contributed by atoms with Crippen molar-refractivity contribution in [2.24, 2.45) is 0 Å². The molecule has 0 saturated carbocycles. The number of benzene rings is 1. The van der Waals surface area contributed by atoms with Gasteiger partial charge in [0.15, 0.2) is 0 Å². The van der Waals surface area contributed by atoms with Gasteiger partial charge in [-0.2, -0.15) is 0 Å². The second kappa shape index (κ2) is 8.57. The van der Waals surface area contributed by atoms with Gasteiger partial charge in [0, 0.05) is 0 Å². The molecule has 0 fully saturated rings. The van der Waals surface area contributed by atoms with E-state index in [0.29, 0.717) is 6.04 Å². The van der Waals surface area contributed by atoms with Gasteiger partial charge >= 0.3 is 0 Å². The van der Waals surface area contributed by atoms with Gasteiger partial charge in [-0.05, 0) is 25.1 Å². The molecule has 21 heavy (non-hydrogen) atoms. The Kier molecular flexibility index (Phi) is 6.41. The van der Waals surface area contributed by atoms with Crippen LogP contribution in [0.4, 0.5) is 0 Å². The number of aromatic nitrogens is 3. The van der Waals surface area contributed by atoms with Crippen LogP contribution in [0, 0.1) is 0 Å². The Morgan fingerprint density at radius 2 is 1.90 bits per heavy atom. The number of hydrogen-bond acceptors (Lipinski definition) is 3. The molecule has 1 heterocycles. The van der Waals surface area contributed by atoms with Gasteiger partial charge in [0.25, 0.3) is 0 Å². The van der Waals surface area contributed by atoms with Gasteiger partial charge in [-0.15, -0.1) is 5.10 Å². The van der Waals surface area contributed by atoms with E-state index in [1.807, 2.05) is 29.1 Å². The summed E-state index contributed by atoms with van der Waals surface area (Å²) in [5.41, 5.74) is 2.22.